The standard InChI is InChI=1S/C12H19NO6/c1-4-9(6-14)13-11(17)5-10(18-7(2)15)12(13)19-8(3)16/h9-10,12,14H,4-6H2,1-3H3/t9?,10-,12+/m0/s1. The van der Waals surface area contributed by atoms with Crippen molar-refractivity contribution >= 4 is 17.8 Å². The Bertz CT molecular complexity index is 365. The zero-order chi connectivity index (χ0) is 14.6. The van der Waals surface area contributed by atoms with Gasteiger partial charge in [-0.3, -0.25) is 19.3 Å². The number of likely N-dealkylation sites (tertiary alicyclic amines) is 1. The normalized spacial score (nSPS) is 24.2. The quantitative estimate of drug-likeness (QED) is 0.698. The summed E-state index contributed by atoms with van der Waals surface area (Å²) in [5, 5.41) is 9.28. The first-order valence-corrected chi connectivity index (χ1v) is 6.17. The Morgan fingerprint density at radius 2 is 1.95 bits per heavy atom. The lowest BCUT2D eigenvalue weighted by molar-refractivity contribution is -0.177. The molecule has 1 N–H and O–H groups in total. The van der Waals surface area contributed by atoms with Gasteiger partial charge in [-0.05, 0) is 6.42 Å². The number of nitrogens with zero attached hydrogens (tertiary/aromatic N) is 1. The molecule has 7 heteroatoms. The molecule has 1 amide bonds. The molecule has 19 heavy (non-hydrogen) atoms. The molecule has 1 fully saturated rings. The van der Waals surface area contributed by atoms with Crippen LogP contribution in [0.5, 0.6) is 0 Å². The van der Waals surface area contributed by atoms with E-state index in [0.29, 0.717) is 6.42 Å². The first kappa shape index (κ1) is 15.4. The van der Waals surface area contributed by atoms with E-state index in [1.807, 2.05) is 0 Å². The maximum atomic E-state index is 11.9. The van der Waals surface area contributed by atoms with Crippen molar-refractivity contribution < 1.29 is 29.0 Å². The number of carbonyl (C=O) groups excluding carboxylic acids is 3. The second-order valence-electron chi connectivity index (χ2n) is 4.40. The summed E-state index contributed by atoms with van der Waals surface area (Å²) < 4.78 is 10.1. The number of ether oxygens (including phenoxy) is 2. The molecule has 0 aliphatic carbocycles. The Balaban J connectivity index is 2.95. The molecule has 0 radical (unpaired) electrons. The molecule has 0 spiro atoms. The number of hydrogen-bond acceptors (Lipinski definition) is 6. The molecule has 0 aromatic rings. The Morgan fingerprint density at radius 1 is 1.37 bits per heavy atom. The third-order valence-corrected chi connectivity index (χ3v) is 2.94. The topological polar surface area (TPSA) is 93.1 Å². The van der Waals surface area contributed by atoms with Crippen LogP contribution in [0.15, 0.2) is 0 Å². The van der Waals surface area contributed by atoms with E-state index in [1.165, 1.54) is 18.7 Å². The largest absolute Gasteiger partial charge is 0.456 e. The van der Waals surface area contributed by atoms with Crippen molar-refractivity contribution in [3.05, 3.63) is 0 Å². The van der Waals surface area contributed by atoms with Gasteiger partial charge in [-0.2, -0.15) is 0 Å². The molecule has 3 atom stereocenters. The van der Waals surface area contributed by atoms with E-state index >= 15 is 0 Å². The maximum absolute atomic E-state index is 11.9. The third kappa shape index (κ3) is 3.66. The minimum atomic E-state index is -0.967. The van der Waals surface area contributed by atoms with Gasteiger partial charge in [0.15, 0.2) is 6.10 Å². The molecule has 1 heterocycles. The van der Waals surface area contributed by atoms with Gasteiger partial charge in [-0.15, -0.1) is 0 Å². The molecule has 1 rings (SSSR count). The number of esters is 2. The molecule has 0 aromatic carbocycles. The van der Waals surface area contributed by atoms with Crippen LogP contribution in [0.3, 0.4) is 0 Å². The molecule has 1 unspecified atom stereocenters. The van der Waals surface area contributed by atoms with Crippen LogP contribution < -0.4 is 0 Å². The monoisotopic (exact) mass is 273 g/mol. The molecular weight excluding hydrogens is 254 g/mol. The van der Waals surface area contributed by atoms with Gasteiger partial charge in [0, 0.05) is 13.8 Å². The van der Waals surface area contributed by atoms with E-state index in [9.17, 15) is 19.5 Å². The molecule has 0 bridgehead atoms. The predicted molar refractivity (Wildman–Crippen MR) is 63.7 cm³/mol. The Kier molecular flexibility index (Phi) is 5.29. The van der Waals surface area contributed by atoms with Crippen LogP contribution >= 0.6 is 0 Å². The first-order valence-electron chi connectivity index (χ1n) is 6.17. The van der Waals surface area contributed by atoms with Crippen LogP contribution in [0.1, 0.15) is 33.6 Å². The molecule has 0 saturated carbocycles. The smallest absolute Gasteiger partial charge is 0.304 e. The van der Waals surface area contributed by atoms with Crippen molar-refractivity contribution in [1.29, 1.82) is 0 Å². The number of amides is 1. The molecule has 1 aliphatic heterocycles. The summed E-state index contributed by atoms with van der Waals surface area (Å²) >= 11 is 0. The van der Waals surface area contributed by atoms with E-state index in [4.69, 9.17) is 9.47 Å². The van der Waals surface area contributed by atoms with Gasteiger partial charge in [-0.25, -0.2) is 0 Å². The summed E-state index contributed by atoms with van der Waals surface area (Å²) in [4.78, 5) is 35.4. The summed E-state index contributed by atoms with van der Waals surface area (Å²) in [6.45, 7) is 4.00. The van der Waals surface area contributed by atoms with Crippen molar-refractivity contribution in [1.82, 2.24) is 4.90 Å². The summed E-state index contributed by atoms with van der Waals surface area (Å²) in [6.07, 6.45) is -1.33. The van der Waals surface area contributed by atoms with Crippen molar-refractivity contribution in [2.75, 3.05) is 6.61 Å². The van der Waals surface area contributed by atoms with Gasteiger partial charge in [-0.1, -0.05) is 6.92 Å². The minimum Gasteiger partial charge on any atom is -0.456 e. The second kappa shape index (κ2) is 6.51. The highest BCUT2D eigenvalue weighted by atomic mass is 16.6. The number of aliphatic hydroxyl groups is 1. The molecule has 108 valence electrons. The van der Waals surface area contributed by atoms with E-state index in [2.05, 4.69) is 0 Å². The maximum Gasteiger partial charge on any atom is 0.304 e. The van der Waals surface area contributed by atoms with Crippen LogP contribution in [0.25, 0.3) is 0 Å². The highest BCUT2D eigenvalue weighted by molar-refractivity contribution is 5.81. The predicted octanol–water partition coefficient (Wildman–Crippen LogP) is -0.190. The summed E-state index contributed by atoms with van der Waals surface area (Å²) in [6, 6.07) is -0.461. The van der Waals surface area contributed by atoms with Gasteiger partial charge in [0.2, 0.25) is 12.1 Å². The van der Waals surface area contributed by atoms with Crippen LogP contribution in [0.4, 0.5) is 0 Å². The van der Waals surface area contributed by atoms with Gasteiger partial charge >= 0.3 is 11.9 Å². The second-order valence-corrected chi connectivity index (χ2v) is 4.40. The minimum absolute atomic E-state index is 0.0476. The van der Waals surface area contributed by atoms with Crippen LogP contribution in [0.2, 0.25) is 0 Å². The molecule has 7 nitrogen and oxygen atoms in total. The van der Waals surface area contributed by atoms with Crippen molar-refractivity contribution in [3.63, 3.8) is 0 Å². The fourth-order valence-corrected chi connectivity index (χ4v) is 2.14. The van der Waals surface area contributed by atoms with Crippen molar-refractivity contribution in [2.24, 2.45) is 0 Å². The van der Waals surface area contributed by atoms with Crippen LogP contribution in [-0.4, -0.2) is 52.8 Å². The fraction of sp³-hybridized carbons (Fsp3) is 0.750. The van der Waals surface area contributed by atoms with E-state index in [0.717, 1.165) is 0 Å². The van der Waals surface area contributed by atoms with Gasteiger partial charge in [0.05, 0.1) is 19.1 Å². The molecular formula is C12H19NO6. The van der Waals surface area contributed by atoms with Crippen molar-refractivity contribution in [2.45, 2.75) is 52.0 Å². The SMILES string of the molecule is CCC(CO)N1C(=O)C[C@H](OC(C)=O)[C@H]1OC(C)=O. The molecule has 1 saturated heterocycles. The Morgan fingerprint density at radius 3 is 2.37 bits per heavy atom. The highest BCUT2D eigenvalue weighted by Gasteiger charge is 2.46. The molecule has 0 aromatic heterocycles. The van der Waals surface area contributed by atoms with Crippen LogP contribution in [0, 0.1) is 0 Å². The highest BCUT2D eigenvalue weighted by Crippen LogP contribution is 2.27. The summed E-state index contributed by atoms with van der Waals surface area (Å²) in [5.74, 6) is -1.43. The number of rotatable bonds is 5. The number of aliphatic hydroxyl groups excluding tert-OH is 1. The van der Waals surface area contributed by atoms with Crippen LogP contribution in [-0.2, 0) is 23.9 Å². The summed E-state index contributed by atoms with van der Waals surface area (Å²) in [5.41, 5.74) is 0. The zero-order valence-corrected chi connectivity index (χ0v) is 11.3. The van der Waals surface area contributed by atoms with Gasteiger partial charge in [0.25, 0.3) is 0 Å². The number of carbonyl (C=O) groups is 3. The molecule has 1 aliphatic rings. The first-order chi connectivity index (χ1) is 8.90. The third-order valence-electron chi connectivity index (χ3n) is 2.94. The zero-order valence-electron chi connectivity index (χ0n) is 11.3. The average molecular weight is 273 g/mol. The number of hydrogen-bond donors (Lipinski definition) is 1. The Labute approximate surface area is 111 Å². The average Bonchev–Trinajstić information content (AvgIpc) is 2.57. The van der Waals surface area contributed by atoms with E-state index in [1.54, 1.807) is 6.92 Å². The lowest BCUT2D eigenvalue weighted by Crippen LogP contribution is -2.48. The van der Waals surface area contributed by atoms with Gasteiger partial charge < -0.3 is 14.6 Å². The Hall–Kier alpha value is -1.63. The lowest BCUT2D eigenvalue weighted by Gasteiger charge is -2.32. The van der Waals surface area contributed by atoms with Gasteiger partial charge in [0.1, 0.15) is 0 Å². The fourth-order valence-electron chi connectivity index (χ4n) is 2.14. The van der Waals surface area contributed by atoms with Crippen molar-refractivity contribution in [3.8, 4) is 0 Å². The van der Waals surface area contributed by atoms with E-state index in [-0.39, 0.29) is 18.9 Å². The lowest BCUT2D eigenvalue weighted by atomic mass is 10.2. The van der Waals surface area contributed by atoms with E-state index < -0.39 is 30.3 Å². The summed E-state index contributed by atoms with van der Waals surface area (Å²) in [7, 11) is 0.